The summed E-state index contributed by atoms with van der Waals surface area (Å²) >= 11 is 11.0. The molecule has 0 atom stereocenters. The summed E-state index contributed by atoms with van der Waals surface area (Å²) in [6, 6.07) is 21.0. The van der Waals surface area contributed by atoms with E-state index in [9.17, 15) is 4.79 Å². The number of halogens is 1. The van der Waals surface area contributed by atoms with E-state index in [4.69, 9.17) is 23.8 Å². The van der Waals surface area contributed by atoms with Gasteiger partial charge < -0.3 is 5.32 Å². The van der Waals surface area contributed by atoms with Crippen LogP contribution in [0.3, 0.4) is 0 Å². The van der Waals surface area contributed by atoms with E-state index in [0.717, 1.165) is 22.0 Å². The predicted octanol–water partition coefficient (Wildman–Crippen LogP) is 4.05. The van der Waals surface area contributed by atoms with Crippen molar-refractivity contribution in [2.45, 2.75) is 6.42 Å². The fraction of sp³-hybridized carbons (Fsp3) is 0.0526. The van der Waals surface area contributed by atoms with Crippen LogP contribution in [0.4, 0.5) is 5.69 Å². The Labute approximate surface area is 156 Å². The van der Waals surface area contributed by atoms with Crippen molar-refractivity contribution >= 4 is 51.3 Å². The average Bonchev–Trinajstić information content (AvgIpc) is 2.62. The van der Waals surface area contributed by atoms with E-state index in [1.54, 1.807) is 24.3 Å². The number of carbonyl (C=O) groups is 1. The molecule has 4 nitrogen and oxygen atoms in total. The number of hydrogen-bond donors (Lipinski definition) is 3. The van der Waals surface area contributed by atoms with E-state index in [1.165, 1.54) is 0 Å². The highest BCUT2D eigenvalue weighted by molar-refractivity contribution is 7.80. The Balaban J connectivity index is 1.55. The smallest absolute Gasteiger partial charge is 0.242 e. The molecule has 25 heavy (non-hydrogen) atoms. The summed E-state index contributed by atoms with van der Waals surface area (Å²) in [7, 11) is 0. The monoisotopic (exact) mass is 369 g/mol. The summed E-state index contributed by atoms with van der Waals surface area (Å²) in [6.45, 7) is 0. The van der Waals surface area contributed by atoms with E-state index in [1.807, 2.05) is 42.5 Å². The lowest BCUT2D eigenvalue weighted by Gasteiger charge is -2.12. The fourth-order valence-corrected chi connectivity index (χ4v) is 2.78. The lowest BCUT2D eigenvalue weighted by Crippen LogP contribution is -2.44. The van der Waals surface area contributed by atoms with E-state index < -0.39 is 0 Å². The quantitative estimate of drug-likeness (QED) is 0.481. The highest BCUT2D eigenvalue weighted by Gasteiger charge is 2.07. The first-order valence-electron chi connectivity index (χ1n) is 7.70. The molecule has 6 heteroatoms. The molecule has 3 aromatic rings. The standard InChI is InChI=1S/C19H16ClN3OS/c20-15-8-10-16(11-9-15)21-19(25)23-22-18(24)12-14-6-3-5-13-4-1-2-7-17(13)14/h1-11H,12H2,(H,22,24)(H2,21,23,25). The third kappa shape index (κ3) is 4.68. The summed E-state index contributed by atoms with van der Waals surface area (Å²) in [4.78, 5) is 12.2. The molecule has 1 amide bonds. The van der Waals surface area contributed by atoms with Crippen molar-refractivity contribution in [3.63, 3.8) is 0 Å². The van der Waals surface area contributed by atoms with Gasteiger partial charge in [-0.15, -0.1) is 0 Å². The number of amides is 1. The van der Waals surface area contributed by atoms with Gasteiger partial charge in [0.2, 0.25) is 5.91 Å². The van der Waals surface area contributed by atoms with Crippen molar-refractivity contribution in [3.8, 4) is 0 Å². The minimum atomic E-state index is -0.170. The molecular weight excluding hydrogens is 354 g/mol. The Bertz CT molecular complexity index is 907. The molecule has 126 valence electrons. The summed E-state index contributed by atoms with van der Waals surface area (Å²) in [6.07, 6.45) is 0.262. The lowest BCUT2D eigenvalue weighted by atomic mass is 10.0. The van der Waals surface area contributed by atoms with E-state index in [2.05, 4.69) is 16.2 Å². The minimum absolute atomic E-state index is 0.170. The van der Waals surface area contributed by atoms with Crippen LogP contribution in [0, 0.1) is 0 Å². The van der Waals surface area contributed by atoms with Gasteiger partial charge in [0.1, 0.15) is 0 Å². The van der Waals surface area contributed by atoms with Gasteiger partial charge in [0.15, 0.2) is 5.11 Å². The molecule has 0 aromatic heterocycles. The van der Waals surface area contributed by atoms with Crippen LogP contribution >= 0.6 is 23.8 Å². The zero-order valence-electron chi connectivity index (χ0n) is 13.3. The second-order valence-corrected chi connectivity index (χ2v) is 6.29. The first-order chi connectivity index (χ1) is 12.1. The van der Waals surface area contributed by atoms with Gasteiger partial charge in [-0.1, -0.05) is 54.1 Å². The van der Waals surface area contributed by atoms with Gasteiger partial charge in [-0.3, -0.25) is 15.6 Å². The normalized spacial score (nSPS) is 10.3. The highest BCUT2D eigenvalue weighted by atomic mass is 35.5. The van der Waals surface area contributed by atoms with Gasteiger partial charge >= 0.3 is 0 Å². The second-order valence-electron chi connectivity index (χ2n) is 5.45. The van der Waals surface area contributed by atoms with Gasteiger partial charge in [0, 0.05) is 10.7 Å². The molecule has 0 fully saturated rings. The Morgan fingerprint density at radius 2 is 1.64 bits per heavy atom. The number of hydrazine groups is 1. The fourth-order valence-electron chi connectivity index (χ4n) is 2.49. The molecule has 3 N–H and O–H groups in total. The van der Waals surface area contributed by atoms with Gasteiger partial charge in [0.25, 0.3) is 0 Å². The first kappa shape index (κ1) is 17.2. The number of benzene rings is 3. The topological polar surface area (TPSA) is 53.2 Å². The molecule has 0 heterocycles. The van der Waals surface area contributed by atoms with Crippen molar-refractivity contribution in [3.05, 3.63) is 77.3 Å². The maximum absolute atomic E-state index is 12.2. The molecule has 0 unspecified atom stereocenters. The maximum atomic E-state index is 12.2. The summed E-state index contributed by atoms with van der Waals surface area (Å²) in [5, 5.41) is 6.09. The SMILES string of the molecule is O=C(Cc1cccc2ccccc12)NNC(=S)Nc1ccc(Cl)cc1. The van der Waals surface area contributed by atoms with Gasteiger partial charge in [0.05, 0.1) is 6.42 Å². The molecule has 0 aliphatic rings. The van der Waals surface area contributed by atoms with Gasteiger partial charge in [-0.25, -0.2) is 0 Å². The number of rotatable bonds is 3. The maximum Gasteiger partial charge on any atom is 0.242 e. The molecule has 0 saturated carbocycles. The van der Waals surface area contributed by atoms with Gasteiger partial charge in [-0.2, -0.15) is 0 Å². The van der Waals surface area contributed by atoms with Crippen molar-refractivity contribution in [1.82, 2.24) is 10.9 Å². The third-order valence-electron chi connectivity index (χ3n) is 3.65. The zero-order chi connectivity index (χ0) is 17.6. The molecule has 0 bridgehead atoms. The predicted molar refractivity (Wildman–Crippen MR) is 107 cm³/mol. The van der Waals surface area contributed by atoms with Crippen LogP contribution in [0.15, 0.2) is 66.7 Å². The van der Waals surface area contributed by atoms with E-state index >= 15 is 0 Å². The summed E-state index contributed by atoms with van der Waals surface area (Å²) < 4.78 is 0. The number of thiocarbonyl (C=S) groups is 1. The molecule has 0 radical (unpaired) electrons. The average molecular weight is 370 g/mol. The number of hydrogen-bond acceptors (Lipinski definition) is 2. The molecule has 3 aromatic carbocycles. The molecule has 0 aliphatic carbocycles. The Kier molecular flexibility index (Phi) is 5.48. The van der Waals surface area contributed by atoms with Crippen molar-refractivity contribution in [2.75, 3.05) is 5.32 Å². The lowest BCUT2D eigenvalue weighted by molar-refractivity contribution is -0.120. The van der Waals surface area contributed by atoms with Crippen LogP contribution in [0.5, 0.6) is 0 Å². The summed E-state index contributed by atoms with van der Waals surface area (Å²) in [5.74, 6) is -0.170. The summed E-state index contributed by atoms with van der Waals surface area (Å²) in [5.41, 5.74) is 7.06. The molecular formula is C19H16ClN3OS. The van der Waals surface area contributed by atoms with Crippen LogP contribution in [-0.2, 0) is 11.2 Å². The first-order valence-corrected chi connectivity index (χ1v) is 8.48. The number of fused-ring (bicyclic) bond motifs is 1. The van der Waals surface area contributed by atoms with Crippen molar-refractivity contribution in [2.24, 2.45) is 0 Å². The van der Waals surface area contributed by atoms with E-state index in [-0.39, 0.29) is 12.3 Å². The Hall–Kier alpha value is -2.63. The number of carbonyl (C=O) groups excluding carboxylic acids is 1. The van der Waals surface area contributed by atoms with Crippen LogP contribution in [0.2, 0.25) is 5.02 Å². The number of nitrogens with one attached hydrogen (secondary N) is 3. The third-order valence-corrected chi connectivity index (χ3v) is 4.10. The van der Waals surface area contributed by atoms with Crippen LogP contribution < -0.4 is 16.2 Å². The Morgan fingerprint density at radius 3 is 2.44 bits per heavy atom. The molecule has 3 rings (SSSR count). The van der Waals surface area contributed by atoms with Crippen LogP contribution in [0.25, 0.3) is 10.8 Å². The van der Waals surface area contributed by atoms with Crippen molar-refractivity contribution < 1.29 is 4.79 Å². The molecule has 0 spiro atoms. The second kappa shape index (κ2) is 7.96. The highest BCUT2D eigenvalue weighted by Crippen LogP contribution is 2.18. The minimum Gasteiger partial charge on any atom is -0.331 e. The van der Waals surface area contributed by atoms with Crippen molar-refractivity contribution in [1.29, 1.82) is 0 Å². The zero-order valence-corrected chi connectivity index (χ0v) is 14.8. The van der Waals surface area contributed by atoms with Crippen LogP contribution in [-0.4, -0.2) is 11.0 Å². The number of anilines is 1. The Morgan fingerprint density at radius 1 is 0.920 bits per heavy atom. The largest absolute Gasteiger partial charge is 0.331 e. The van der Waals surface area contributed by atoms with Crippen LogP contribution in [0.1, 0.15) is 5.56 Å². The molecule has 0 saturated heterocycles. The van der Waals surface area contributed by atoms with Gasteiger partial charge in [-0.05, 0) is 52.8 Å². The molecule has 0 aliphatic heterocycles. The van der Waals surface area contributed by atoms with E-state index in [0.29, 0.717) is 10.1 Å².